The van der Waals surface area contributed by atoms with E-state index in [9.17, 15) is 4.79 Å². The lowest BCUT2D eigenvalue weighted by molar-refractivity contribution is 0.0769. The third kappa shape index (κ3) is 2.64. The highest BCUT2D eigenvalue weighted by molar-refractivity contribution is 5.98. The van der Waals surface area contributed by atoms with Gasteiger partial charge in [-0.15, -0.1) is 0 Å². The van der Waals surface area contributed by atoms with Crippen LogP contribution < -0.4 is 4.74 Å². The maximum Gasteiger partial charge on any atom is 0.254 e. The zero-order valence-electron chi connectivity index (χ0n) is 11.2. The van der Waals surface area contributed by atoms with Crippen molar-refractivity contribution in [3.63, 3.8) is 0 Å². The monoisotopic (exact) mass is 268 g/mol. The van der Waals surface area contributed by atoms with Gasteiger partial charge in [-0.3, -0.25) is 4.79 Å². The van der Waals surface area contributed by atoms with Crippen molar-refractivity contribution in [2.24, 2.45) is 0 Å². The van der Waals surface area contributed by atoms with Gasteiger partial charge < -0.3 is 9.64 Å². The molecule has 0 radical (unpaired) electrons. The molecule has 0 aliphatic carbocycles. The number of hydrogen-bond donors (Lipinski definition) is 0. The first kappa shape index (κ1) is 12.7. The summed E-state index contributed by atoms with van der Waals surface area (Å²) in [6.07, 6.45) is 2.51. The van der Waals surface area contributed by atoms with E-state index in [1.807, 2.05) is 47.4 Å². The molecule has 0 fully saturated rings. The molecule has 2 aromatic rings. The van der Waals surface area contributed by atoms with Crippen LogP contribution in [0.15, 0.2) is 48.7 Å². The highest BCUT2D eigenvalue weighted by Gasteiger charge is 2.25. The standard InChI is InChI=1S/C16H16N2O2/c19-16-14-7-2-1-6-13(14)12-18(16)10-5-11-20-15-8-3-4-9-17-15/h1-4,6-9H,5,10-12H2. The third-order valence-corrected chi connectivity index (χ3v) is 3.36. The maximum atomic E-state index is 12.1. The molecule has 4 nitrogen and oxygen atoms in total. The minimum atomic E-state index is 0.124. The van der Waals surface area contributed by atoms with Gasteiger partial charge in [0.05, 0.1) is 6.61 Å². The van der Waals surface area contributed by atoms with E-state index in [0.717, 1.165) is 17.5 Å². The average Bonchev–Trinajstić information content (AvgIpc) is 2.82. The van der Waals surface area contributed by atoms with Crippen LogP contribution in [0.2, 0.25) is 0 Å². The molecule has 1 aliphatic rings. The minimum Gasteiger partial charge on any atom is -0.478 e. The van der Waals surface area contributed by atoms with E-state index >= 15 is 0 Å². The molecular formula is C16H16N2O2. The van der Waals surface area contributed by atoms with Gasteiger partial charge >= 0.3 is 0 Å². The molecule has 1 aliphatic heterocycles. The summed E-state index contributed by atoms with van der Waals surface area (Å²) in [6, 6.07) is 13.4. The number of pyridine rings is 1. The zero-order chi connectivity index (χ0) is 13.8. The second kappa shape index (κ2) is 5.74. The lowest BCUT2D eigenvalue weighted by Gasteiger charge is -2.15. The quantitative estimate of drug-likeness (QED) is 0.782. The average molecular weight is 268 g/mol. The normalized spacial score (nSPS) is 13.4. The highest BCUT2D eigenvalue weighted by atomic mass is 16.5. The van der Waals surface area contributed by atoms with Gasteiger partial charge in [-0.25, -0.2) is 4.98 Å². The van der Waals surface area contributed by atoms with E-state index < -0.39 is 0 Å². The van der Waals surface area contributed by atoms with Gasteiger partial charge in [0.2, 0.25) is 5.88 Å². The number of benzene rings is 1. The Morgan fingerprint density at radius 3 is 2.80 bits per heavy atom. The smallest absolute Gasteiger partial charge is 0.254 e. The van der Waals surface area contributed by atoms with Crippen molar-refractivity contribution in [1.29, 1.82) is 0 Å². The molecular weight excluding hydrogens is 252 g/mol. The van der Waals surface area contributed by atoms with Crippen molar-refractivity contribution >= 4 is 5.91 Å². The number of carbonyl (C=O) groups is 1. The van der Waals surface area contributed by atoms with Crippen molar-refractivity contribution < 1.29 is 9.53 Å². The molecule has 1 aromatic heterocycles. The Morgan fingerprint density at radius 2 is 2.00 bits per heavy atom. The Balaban J connectivity index is 1.48. The van der Waals surface area contributed by atoms with Crippen LogP contribution in [0.25, 0.3) is 0 Å². The Bertz CT molecular complexity index is 598. The number of aromatic nitrogens is 1. The second-order valence-corrected chi connectivity index (χ2v) is 4.75. The van der Waals surface area contributed by atoms with Gasteiger partial charge in [-0.05, 0) is 24.1 Å². The van der Waals surface area contributed by atoms with E-state index in [0.29, 0.717) is 25.6 Å². The molecule has 1 amide bonds. The van der Waals surface area contributed by atoms with Crippen LogP contribution in [-0.4, -0.2) is 28.9 Å². The number of nitrogens with zero attached hydrogens (tertiary/aromatic N) is 2. The predicted molar refractivity (Wildman–Crippen MR) is 75.5 cm³/mol. The molecule has 0 atom stereocenters. The van der Waals surface area contributed by atoms with Gasteiger partial charge in [0.25, 0.3) is 5.91 Å². The Hall–Kier alpha value is -2.36. The van der Waals surface area contributed by atoms with Crippen molar-refractivity contribution in [2.45, 2.75) is 13.0 Å². The van der Waals surface area contributed by atoms with Crippen LogP contribution in [0, 0.1) is 0 Å². The van der Waals surface area contributed by atoms with Gasteiger partial charge in [0.15, 0.2) is 0 Å². The van der Waals surface area contributed by atoms with E-state index in [1.165, 1.54) is 0 Å². The van der Waals surface area contributed by atoms with Crippen LogP contribution in [-0.2, 0) is 6.54 Å². The summed E-state index contributed by atoms with van der Waals surface area (Å²) in [7, 11) is 0. The van der Waals surface area contributed by atoms with Crippen molar-refractivity contribution in [3.8, 4) is 5.88 Å². The van der Waals surface area contributed by atoms with Crippen LogP contribution in [0.3, 0.4) is 0 Å². The molecule has 0 bridgehead atoms. The van der Waals surface area contributed by atoms with E-state index in [-0.39, 0.29) is 5.91 Å². The molecule has 4 heteroatoms. The first-order valence-corrected chi connectivity index (χ1v) is 6.75. The largest absolute Gasteiger partial charge is 0.478 e. The van der Waals surface area contributed by atoms with Gasteiger partial charge in [-0.2, -0.15) is 0 Å². The molecule has 1 aromatic carbocycles. The minimum absolute atomic E-state index is 0.124. The summed E-state index contributed by atoms with van der Waals surface area (Å²) < 4.78 is 5.53. The molecule has 20 heavy (non-hydrogen) atoms. The first-order chi connectivity index (χ1) is 9.84. The fourth-order valence-corrected chi connectivity index (χ4v) is 2.36. The first-order valence-electron chi connectivity index (χ1n) is 6.75. The number of carbonyl (C=O) groups excluding carboxylic acids is 1. The molecule has 2 heterocycles. The van der Waals surface area contributed by atoms with Crippen LogP contribution in [0.4, 0.5) is 0 Å². The lowest BCUT2D eigenvalue weighted by Crippen LogP contribution is -2.26. The maximum absolute atomic E-state index is 12.1. The second-order valence-electron chi connectivity index (χ2n) is 4.75. The summed E-state index contributed by atoms with van der Waals surface area (Å²) in [5, 5.41) is 0. The number of hydrogen-bond acceptors (Lipinski definition) is 3. The topological polar surface area (TPSA) is 42.4 Å². The number of fused-ring (bicyclic) bond motifs is 1. The molecule has 3 rings (SSSR count). The zero-order valence-corrected chi connectivity index (χ0v) is 11.2. The van der Waals surface area contributed by atoms with Crippen molar-refractivity contribution in [3.05, 3.63) is 59.8 Å². The summed E-state index contributed by atoms with van der Waals surface area (Å²) in [5.41, 5.74) is 1.95. The number of ether oxygens (including phenoxy) is 1. The van der Waals surface area contributed by atoms with E-state index in [1.54, 1.807) is 6.20 Å². The lowest BCUT2D eigenvalue weighted by atomic mass is 10.1. The molecule has 0 saturated carbocycles. The Labute approximate surface area is 118 Å². The fraction of sp³-hybridized carbons (Fsp3) is 0.250. The summed E-state index contributed by atoms with van der Waals surface area (Å²) >= 11 is 0. The van der Waals surface area contributed by atoms with Gasteiger partial charge in [0, 0.05) is 30.9 Å². The molecule has 0 spiro atoms. The molecule has 0 saturated heterocycles. The van der Waals surface area contributed by atoms with Crippen molar-refractivity contribution in [2.75, 3.05) is 13.2 Å². The molecule has 0 N–H and O–H groups in total. The van der Waals surface area contributed by atoms with Crippen LogP contribution in [0.1, 0.15) is 22.3 Å². The Morgan fingerprint density at radius 1 is 1.15 bits per heavy atom. The van der Waals surface area contributed by atoms with Crippen LogP contribution >= 0.6 is 0 Å². The van der Waals surface area contributed by atoms with E-state index in [2.05, 4.69) is 4.98 Å². The van der Waals surface area contributed by atoms with Crippen molar-refractivity contribution in [1.82, 2.24) is 9.88 Å². The highest BCUT2D eigenvalue weighted by Crippen LogP contribution is 2.22. The molecule has 0 unspecified atom stereocenters. The number of rotatable bonds is 5. The van der Waals surface area contributed by atoms with Gasteiger partial charge in [-0.1, -0.05) is 24.3 Å². The third-order valence-electron chi connectivity index (χ3n) is 3.36. The Kier molecular flexibility index (Phi) is 3.63. The number of amides is 1. The van der Waals surface area contributed by atoms with E-state index in [4.69, 9.17) is 4.74 Å². The summed E-state index contributed by atoms with van der Waals surface area (Å²) in [5.74, 6) is 0.752. The molecule has 102 valence electrons. The van der Waals surface area contributed by atoms with Gasteiger partial charge in [0.1, 0.15) is 0 Å². The summed E-state index contributed by atoms with van der Waals surface area (Å²) in [4.78, 5) is 18.1. The predicted octanol–water partition coefficient (Wildman–Crippen LogP) is 2.51. The van der Waals surface area contributed by atoms with Crippen LogP contribution in [0.5, 0.6) is 5.88 Å². The summed E-state index contributed by atoms with van der Waals surface area (Å²) in [6.45, 7) is 1.98. The fourth-order valence-electron chi connectivity index (χ4n) is 2.36. The SMILES string of the molecule is O=C1c2ccccc2CN1CCCOc1ccccn1.